The molecule has 3 nitrogen and oxygen atoms in total. The third-order valence-electron chi connectivity index (χ3n) is 3.08. The molecule has 1 aliphatic rings. The van der Waals surface area contributed by atoms with Crippen LogP contribution in [0.5, 0.6) is 0 Å². The lowest BCUT2D eigenvalue weighted by Crippen LogP contribution is -2.29. The highest BCUT2D eigenvalue weighted by molar-refractivity contribution is 7.15. The number of nitrogens with two attached hydrogens (primary N) is 1. The largest absolute Gasteiger partial charge is 0.345 e. The number of aryl methyl sites for hydroxylation is 1. The zero-order valence-electron chi connectivity index (χ0n) is 11.1. The molecule has 1 saturated carbocycles. The van der Waals surface area contributed by atoms with E-state index in [1.807, 2.05) is 0 Å². The van der Waals surface area contributed by atoms with Crippen molar-refractivity contribution in [1.29, 1.82) is 0 Å². The van der Waals surface area contributed by atoms with Crippen LogP contribution in [-0.2, 0) is 13.0 Å². The standard InChI is InChI=1S/C13H23N3S/c1-4-11-12(7-14)17-13(15-11)16(8-9(2)3)10-5-6-10/h9-10H,4-8,14H2,1-3H3. The van der Waals surface area contributed by atoms with Gasteiger partial charge in [-0.25, -0.2) is 4.98 Å². The van der Waals surface area contributed by atoms with Crippen molar-refractivity contribution in [3.05, 3.63) is 10.6 Å². The highest BCUT2D eigenvalue weighted by Gasteiger charge is 2.31. The fourth-order valence-corrected chi connectivity index (χ4v) is 3.20. The van der Waals surface area contributed by atoms with Crippen LogP contribution in [0.4, 0.5) is 5.13 Å². The monoisotopic (exact) mass is 253 g/mol. The first-order valence-corrected chi connectivity index (χ1v) is 7.42. The predicted molar refractivity (Wildman–Crippen MR) is 74.6 cm³/mol. The zero-order valence-corrected chi connectivity index (χ0v) is 11.9. The van der Waals surface area contributed by atoms with Crippen molar-refractivity contribution in [3.8, 4) is 0 Å². The highest BCUT2D eigenvalue weighted by atomic mass is 32.1. The summed E-state index contributed by atoms with van der Waals surface area (Å²) in [6.07, 6.45) is 3.64. The number of hydrogen-bond donors (Lipinski definition) is 1. The van der Waals surface area contributed by atoms with Crippen LogP contribution < -0.4 is 10.6 Å². The Morgan fingerprint density at radius 3 is 2.59 bits per heavy atom. The third kappa shape index (κ3) is 2.99. The summed E-state index contributed by atoms with van der Waals surface area (Å²) >= 11 is 1.79. The summed E-state index contributed by atoms with van der Waals surface area (Å²) < 4.78 is 0. The quantitative estimate of drug-likeness (QED) is 0.847. The molecule has 0 atom stereocenters. The normalized spacial score (nSPS) is 15.6. The van der Waals surface area contributed by atoms with E-state index in [4.69, 9.17) is 10.7 Å². The van der Waals surface area contributed by atoms with Gasteiger partial charge < -0.3 is 10.6 Å². The van der Waals surface area contributed by atoms with Gasteiger partial charge in [-0.2, -0.15) is 0 Å². The van der Waals surface area contributed by atoms with Crippen molar-refractivity contribution in [2.45, 2.75) is 52.6 Å². The average Bonchev–Trinajstić information content (AvgIpc) is 3.05. The molecule has 1 aromatic rings. The number of thiazole rings is 1. The molecule has 0 saturated heterocycles. The number of nitrogens with zero attached hydrogens (tertiary/aromatic N) is 2. The van der Waals surface area contributed by atoms with Crippen LogP contribution in [-0.4, -0.2) is 17.6 Å². The minimum Gasteiger partial charge on any atom is -0.345 e. The van der Waals surface area contributed by atoms with Crippen molar-refractivity contribution >= 4 is 16.5 Å². The van der Waals surface area contributed by atoms with Crippen LogP contribution in [0, 0.1) is 5.92 Å². The van der Waals surface area contributed by atoms with Crippen molar-refractivity contribution in [2.24, 2.45) is 11.7 Å². The van der Waals surface area contributed by atoms with E-state index in [1.165, 1.54) is 28.5 Å². The molecule has 17 heavy (non-hydrogen) atoms. The van der Waals surface area contributed by atoms with E-state index in [1.54, 1.807) is 11.3 Å². The van der Waals surface area contributed by atoms with Gasteiger partial charge in [0.25, 0.3) is 0 Å². The first kappa shape index (κ1) is 12.8. The van der Waals surface area contributed by atoms with E-state index in [-0.39, 0.29) is 0 Å². The molecule has 4 heteroatoms. The maximum absolute atomic E-state index is 5.78. The molecular formula is C13H23N3S. The van der Waals surface area contributed by atoms with Crippen LogP contribution in [0.25, 0.3) is 0 Å². The Labute approximate surface area is 108 Å². The summed E-state index contributed by atoms with van der Waals surface area (Å²) in [4.78, 5) is 8.53. The van der Waals surface area contributed by atoms with Crippen LogP contribution in [0.15, 0.2) is 0 Å². The summed E-state index contributed by atoms with van der Waals surface area (Å²) in [5.41, 5.74) is 6.98. The van der Waals surface area contributed by atoms with Crippen LogP contribution in [0.2, 0.25) is 0 Å². The van der Waals surface area contributed by atoms with E-state index >= 15 is 0 Å². The van der Waals surface area contributed by atoms with Gasteiger partial charge in [-0.15, -0.1) is 11.3 Å². The lowest BCUT2D eigenvalue weighted by atomic mass is 10.2. The fraction of sp³-hybridized carbons (Fsp3) is 0.769. The summed E-state index contributed by atoms with van der Waals surface area (Å²) in [5, 5.41) is 1.19. The van der Waals surface area contributed by atoms with E-state index in [0.717, 1.165) is 19.0 Å². The predicted octanol–water partition coefficient (Wildman–Crippen LogP) is 2.79. The summed E-state index contributed by atoms with van der Waals surface area (Å²) in [6, 6.07) is 0.735. The molecule has 96 valence electrons. The Balaban J connectivity index is 2.19. The molecule has 0 unspecified atom stereocenters. The molecule has 2 N–H and O–H groups in total. The molecular weight excluding hydrogens is 230 g/mol. The smallest absolute Gasteiger partial charge is 0.186 e. The minimum atomic E-state index is 0.626. The molecule has 0 aromatic carbocycles. The van der Waals surface area contributed by atoms with Gasteiger partial charge in [-0.05, 0) is 25.2 Å². The Kier molecular flexibility index (Phi) is 4.05. The average molecular weight is 253 g/mol. The van der Waals surface area contributed by atoms with Crippen molar-refractivity contribution in [2.75, 3.05) is 11.4 Å². The van der Waals surface area contributed by atoms with Gasteiger partial charge in [-0.3, -0.25) is 0 Å². The minimum absolute atomic E-state index is 0.626. The summed E-state index contributed by atoms with van der Waals surface area (Å²) in [6.45, 7) is 8.44. The van der Waals surface area contributed by atoms with Gasteiger partial charge in [0, 0.05) is 24.0 Å². The van der Waals surface area contributed by atoms with Gasteiger partial charge in [0.15, 0.2) is 5.13 Å². The van der Waals surface area contributed by atoms with Gasteiger partial charge in [-0.1, -0.05) is 20.8 Å². The number of aromatic nitrogens is 1. The van der Waals surface area contributed by atoms with Gasteiger partial charge in [0.05, 0.1) is 5.69 Å². The van der Waals surface area contributed by atoms with Crippen LogP contribution in [0.3, 0.4) is 0 Å². The lowest BCUT2D eigenvalue weighted by Gasteiger charge is -2.23. The fourth-order valence-electron chi connectivity index (χ4n) is 2.09. The van der Waals surface area contributed by atoms with Crippen molar-refractivity contribution in [1.82, 2.24) is 4.98 Å². The van der Waals surface area contributed by atoms with E-state index in [0.29, 0.717) is 12.5 Å². The molecule has 1 aromatic heterocycles. The first-order chi connectivity index (χ1) is 8.15. The molecule has 1 aliphatic carbocycles. The summed E-state index contributed by atoms with van der Waals surface area (Å²) in [7, 11) is 0. The molecule has 1 fully saturated rings. The number of rotatable bonds is 6. The zero-order chi connectivity index (χ0) is 12.4. The third-order valence-corrected chi connectivity index (χ3v) is 4.24. The molecule has 0 bridgehead atoms. The Morgan fingerprint density at radius 1 is 1.47 bits per heavy atom. The van der Waals surface area contributed by atoms with E-state index < -0.39 is 0 Å². The second kappa shape index (κ2) is 5.36. The topological polar surface area (TPSA) is 42.2 Å². The van der Waals surface area contributed by atoms with E-state index in [2.05, 4.69) is 25.7 Å². The lowest BCUT2D eigenvalue weighted by molar-refractivity contribution is 0.606. The van der Waals surface area contributed by atoms with E-state index in [9.17, 15) is 0 Å². The molecule has 2 rings (SSSR count). The summed E-state index contributed by atoms with van der Waals surface area (Å²) in [5.74, 6) is 0.686. The van der Waals surface area contributed by atoms with Gasteiger partial charge in [0.2, 0.25) is 0 Å². The van der Waals surface area contributed by atoms with Crippen LogP contribution >= 0.6 is 11.3 Å². The second-order valence-electron chi connectivity index (χ2n) is 5.20. The Hall–Kier alpha value is -0.610. The van der Waals surface area contributed by atoms with Crippen molar-refractivity contribution in [3.63, 3.8) is 0 Å². The maximum Gasteiger partial charge on any atom is 0.186 e. The number of hydrogen-bond acceptors (Lipinski definition) is 4. The SMILES string of the molecule is CCc1nc(N(CC(C)C)C2CC2)sc1CN. The molecule has 1 heterocycles. The Morgan fingerprint density at radius 2 is 2.18 bits per heavy atom. The van der Waals surface area contributed by atoms with Gasteiger partial charge in [0.1, 0.15) is 0 Å². The molecule has 0 radical (unpaired) electrons. The van der Waals surface area contributed by atoms with Gasteiger partial charge >= 0.3 is 0 Å². The maximum atomic E-state index is 5.78. The molecule has 0 amide bonds. The second-order valence-corrected chi connectivity index (χ2v) is 6.26. The Bertz CT molecular complexity index is 347. The first-order valence-electron chi connectivity index (χ1n) is 6.61. The number of anilines is 1. The molecule has 0 spiro atoms. The van der Waals surface area contributed by atoms with Crippen LogP contribution in [0.1, 0.15) is 44.2 Å². The molecule has 0 aliphatic heterocycles. The van der Waals surface area contributed by atoms with Crippen molar-refractivity contribution < 1.29 is 0 Å². The highest BCUT2D eigenvalue weighted by Crippen LogP contribution is 2.36.